The maximum Gasteiger partial charge on any atom is 0.233 e. The van der Waals surface area contributed by atoms with Crippen molar-refractivity contribution < 1.29 is 9.18 Å². The SMILES string of the molecule is C[C@H](Sc1ncccn1)C(=O)N[C@@H](C)c1ccc(F)cc1. The summed E-state index contributed by atoms with van der Waals surface area (Å²) in [6.45, 7) is 3.66. The minimum atomic E-state index is -0.310. The van der Waals surface area contributed by atoms with Crippen LogP contribution in [0.5, 0.6) is 0 Å². The molecule has 0 aliphatic rings. The first kappa shape index (κ1) is 15.4. The number of hydrogen-bond donors (Lipinski definition) is 1. The Kier molecular flexibility index (Phi) is 5.27. The number of aromatic nitrogens is 2. The van der Waals surface area contributed by atoms with Crippen LogP contribution in [0.25, 0.3) is 0 Å². The van der Waals surface area contributed by atoms with Crippen molar-refractivity contribution >= 4 is 17.7 Å². The molecule has 1 aromatic heterocycles. The first-order valence-electron chi connectivity index (χ1n) is 6.56. The summed E-state index contributed by atoms with van der Waals surface area (Å²) in [5.74, 6) is -0.397. The number of thioether (sulfide) groups is 1. The van der Waals surface area contributed by atoms with Crippen LogP contribution >= 0.6 is 11.8 Å². The average molecular weight is 305 g/mol. The summed E-state index contributed by atoms with van der Waals surface area (Å²) in [7, 11) is 0. The topological polar surface area (TPSA) is 54.9 Å². The highest BCUT2D eigenvalue weighted by molar-refractivity contribution is 8.00. The minimum Gasteiger partial charge on any atom is -0.349 e. The molecule has 21 heavy (non-hydrogen) atoms. The fourth-order valence-corrected chi connectivity index (χ4v) is 2.46. The van der Waals surface area contributed by atoms with Gasteiger partial charge in [-0.3, -0.25) is 4.79 Å². The van der Waals surface area contributed by atoms with Crippen molar-refractivity contribution in [2.24, 2.45) is 0 Å². The highest BCUT2D eigenvalue weighted by Gasteiger charge is 2.18. The highest BCUT2D eigenvalue weighted by Crippen LogP contribution is 2.20. The van der Waals surface area contributed by atoms with Gasteiger partial charge in [-0.25, -0.2) is 14.4 Å². The molecule has 110 valence electrons. The second kappa shape index (κ2) is 7.17. The van der Waals surface area contributed by atoms with Crippen LogP contribution in [0.1, 0.15) is 25.5 Å². The van der Waals surface area contributed by atoms with Crippen molar-refractivity contribution in [3.05, 3.63) is 54.1 Å². The van der Waals surface area contributed by atoms with Crippen LogP contribution in [0.15, 0.2) is 47.9 Å². The van der Waals surface area contributed by atoms with Gasteiger partial charge >= 0.3 is 0 Å². The number of amides is 1. The number of carbonyl (C=O) groups is 1. The van der Waals surface area contributed by atoms with E-state index in [9.17, 15) is 9.18 Å². The van der Waals surface area contributed by atoms with Gasteiger partial charge in [-0.05, 0) is 37.6 Å². The van der Waals surface area contributed by atoms with Crippen LogP contribution in [0.2, 0.25) is 0 Å². The zero-order valence-electron chi connectivity index (χ0n) is 11.8. The molecule has 0 saturated carbocycles. The van der Waals surface area contributed by atoms with E-state index in [1.807, 2.05) is 6.92 Å². The molecule has 2 rings (SSSR count). The normalized spacial score (nSPS) is 13.5. The van der Waals surface area contributed by atoms with Gasteiger partial charge in [0.1, 0.15) is 5.82 Å². The highest BCUT2D eigenvalue weighted by atomic mass is 32.2. The lowest BCUT2D eigenvalue weighted by Gasteiger charge is -2.17. The molecule has 0 aliphatic heterocycles. The Labute approximate surface area is 127 Å². The predicted octanol–water partition coefficient (Wildman–Crippen LogP) is 2.97. The monoisotopic (exact) mass is 305 g/mol. The van der Waals surface area contributed by atoms with Gasteiger partial charge in [0, 0.05) is 12.4 Å². The van der Waals surface area contributed by atoms with E-state index < -0.39 is 0 Å². The lowest BCUT2D eigenvalue weighted by atomic mass is 10.1. The van der Waals surface area contributed by atoms with Gasteiger partial charge in [0.05, 0.1) is 11.3 Å². The number of benzene rings is 1. The number of halogens is 1. The standard InChI is InChI=1S/C15H16FN3OS/c1-10(12-4-6-13(16)7-5-12)19-14(20)11(2)21-15-17-8-3-9-18-15/h3-11H,1-2H3,(H,19,20)/t10-,11-/m0/s1. The van der Waals surface area contributed by atoms with Gasteiger partial charge in [0.2, 0.25) is 5.91 Å². The van der Waals surface area contributed by atoms with E-state index in [0.717, 1.165) is 5.56 Å². The molecule has 0 fully saturated rings. The van der Waals surface area contributed by atoms with E-state index >= 15 is 0 Å². The Morgan fingerprint density at radius 2 is 1.81 bits per heavy atom. The Balaban J connectivity index is 1.92. The predicted molar refractivity (Wildman–Crippen MR) is 80.3 cm³/mol. The third-order valence-electron chi connectivity index (χ3n) is 2.92. The summed E-state index contributed by atoms with van der Waals surface area (Å²) < 4.78 is 12.9. The fourth-order valence-electron chi connectivity index (χ4n) is 1.72. The zero-order chi connectivity index (χ0) is 15.2. The second-order valence-corrected chi connectivity index (χ2v) is 5.88. The van der Waals surface area contributed by atoms with Gasteiger partial charge in [-0.15, -0.1) is 0 Å². The fraction of sp³-hybridized carbons (Fsp3) is 0.267. The van der Waals surface area contributed by atoms with E-state index in [4.69, 9.17) is 0 Å². The van der Waals surface area contributed by atoms with Crippen molar-refractivity contribution in [1.82, 2.24) is 15.3 Å². The zero-order valence-corrected chi connectivity index (χ0v) is 12.6. The Morgan fingerprint density at radius 1 is 1.19 bits per heavy atom. The smallest absolute Gasteiger partial charge is 0.233 e. The molecule has 1 aromatic carbocycles. The molecule has 1 heterocycles. The van der Waals surface area contributed by atoms with E-state index in [-0.39, 0.29) is 23.0 Å². The third kappa shape index (κ3) is 4.53. The largest absolute Gasteiger partial charge is 0.349 e. The third-order valence-corrected chi connectivity index (χ3v) is 3.91. The van der Waals surface area contributed by atoms with Crippen molar-refractivity contribution in [1.29, 1.82) is 0 Å². The molecule has 2 aromatic rings. The molecular formula is C15H16FN3OS. The molecule has 6 heteroatoms. The molecule has 1 N–H and O–H groups in total. The van der Waals surface area contributed by atoms with Crippen LogP contribution in [-0.2, 0) is 4.79 Å². The quantitative estimate of drug-likeness (QED) is 0.681. The lowest BCUT2D eigenvalue weighted by molar-refractivity contribution is -0.120. The van der Waals surface area contributed by atoms with Crippen LogP contribution in [-0.4, -0.2) is 21.1 Å². The molecule has 0 spiro atoms. The molecule has 0 bridgehead atoms. The van der Waals surface area contributed by atoms with E-state index in [0.29, 0.717) is 5.16 Å². The van der Waals surface area contributed by atoms with Crippen molar-refractivity contribution in [3.8, 4) is 0 Å². The Morgan fingerprint density at radius 3 is 2.43 bits per heavy atom. The Hall–Kier alpha value is -1.95. The number of rotatable bonds is 5. The molecule has 1 amide bonds. The number of nitrogens with one attached hydrogen (secondary N) is 1. The van der Waals surface area contributed by atoms with Crippen molar-refractivity contribution in [2.75, 3.05) is 0 Å². The van der Waals surface area contributed by atoms with Crippen LogP contribution in [0.3, 0.4) is 0 Å². The van der Waals surface area contributed by atoms with Crippen molar-refractivity contribution in [2.45, 2.75) is 30.3 Å². The van der Waals surface area contributed by atoms with Gasteiger partial charge in [0.25, 0.3) is 0 Å². The van der Waals surface area contributed by atoms with E-state index in [2.05, 4.69) is 15.3 Å². The first-order chi connectivity index (χ1) is 10.1. The lowest BCUT2D eigenvalue weighted by Crippen LogP contribution is -2.33. The van der Waals surface area contributed by atoms with Crippen LogP contribution in [0, 0.1) is 5.82 Å². The molecular weight excluding hydrogens is 289 g/mol. The Bertz CT molecular complexity index is 592. The molecule has 0 aliphatic carbocycles. The number of carbonyl (C=O) groups excluding carboxylic acids is 1. The number of nitrogens with zero attached hydrogens (tertiary/aromatic N) is 2. The molecule has 0 radical (unpaired) electrons. The van der Waals surface area contributed by atoms with E-state index in [1.165, 1.54) is 23.9 Å². The average Bonchev–Trinajstić information content (AvgIpc) is 2.48. The number of hydrogen-bond acceptors (Lipinski definition) is 4. The van der Waals surface area contributed by atoms with Crippen molar-refractivity contribution in [3.63, 3.8) is 0 Å². The maximum atomic E-state index is 12.9. The van der Waals surface area contributed by atoms with Gasteiger partial charge in [-0.2, -0.15) is 0 Å². The van der Waals surface area contributed by atoms with Gasteiger partial charge < -0.3 is 5.32 Å². The summed E-state index contributed by atoms with van der Waals surface area (Å²) in [5, 5.41) is 3.15. The maximum absolute atomic E-state index is 12.9. The second-order valence-electron chi connectivity index (χ2n) is 4.57. The summed E-state index contributed by atoms with van der Waals surface area (Å²) in [4.78, 5) is 20.3. The minimum absolute atomic E-state index is 0.107. The molecule has 4 nitrogen and oxygen atoms in total. The summed E-state index contributed by atoms with van der Waals surface area (Å²) >= 11 is 1.30. The van der Waals surface area contributed by atoms with Crippen LogP contribution < -0.4 is 5.32 Å². The van der Waals surface area contributed by atoms with Gasteiger partial charge in [0.15, 0.2) is 5.16 Å². The molecule has 0 unspecified atom stereocenters. The summed E-state index contributed by atoms with van der Waals surface area (Å²) in [6, 6.07) is 7.64. The van der Waals surface area contributed by atoms with E-state index in [1.54, 1.807) is 37.5 Å². The molecule has 2 atom stereocenters. The first-order valence-corrected chi connectivity index (χ1v) is 7.43. The van der Waals surface area contributed by atoms with Crippen LogP contribution in [0.4, 0.5) is 4.39 Å². The molecule has 0 saturated heterocycles. The summed E-state index contributed by atoms with van der Waals surface area (Å²) in [6.07, 6.45) is 3.28. The summed E-state index contributed by atoms with van der Waals surface area (Å²) in [5.41, 5.74) is 0.859. The van der Waals surface area contributed by atoms with Gasteiger partial charge in [-0.1, -0.05) is 23.9 Å².